The van der Waals surface area contributed by atoms with Crippen molar-refractivity contribution in [3.05, 3.63) is 16.1 Å². The number of nitrogens with zero attached hydrogens (tertiary/aromatic N) is 1. The Morgan fingerprint density at radius 2 is 2.67 bits per heavy atom. The number of aliphatic carboxylic acids is 1. The van der Waals surface area contributed by atoms with Crippen LogP contribution < -0.4 is 0 Å². The van der Waals surface area contributed by atoms with E-state index in [9.17, 15) is 4.79 Å². The summed E-state index contributed by atoms with van der Waals surface area (Å²) in [6.07, 6.45) is 2.17. The van der Waals surface area contributed by atoms with Gasteiger partial charge >= 0.3 is 5.97 Å². The van der Waals surface area contributed by atoms with E-state index in [-0.39, 0.29) is 12.3 Å². The Bertz CT molecular complexity index is 308. The molecule has 0 fully saturated rings. The molecule has 3 nitrogen and oxygen atoms in total. The van der Waals surface area contributed by atoms with E-state index in [0.717, 1.165) is 18.5 Å². The Hall–Kier alpha value is -0.900. The van der Waals surface area contributed by atoms with Crippen LogP contribution in [-0.2, 0) is 11.2 Å². The van der Waals surface area contributed by atoms with Gasteiger partial charge in [0.2, 0.25) is 0 Å². The number of hydrogen-bond donors (Lipinski definition) is 1. The third-order valence-corrected chi connectivity index (χ3v) is 3.23. The van der Waals surface area contributed by atoms with Crippen LogP contribution in [-0.4, -0.2) is 16.1 Å². The lowest BCUT2D eigenvalue weighted by Gasteiger charge is -2.03. The Balaban J connectivity index is 2.17. The van der Waals surface area contributed by atoms with Gasteiger partial charge in [-0.3, -0.25) is 4.79 Å². The molecule has 1 atom stereocenters. The molecular weight excluding hydrogens is 174 g/mol. The maximum atomic E-state index is 10.5. The summed E-state index contributed by atoms with van der Waals surface area (Å²) in [6, 6.07) is 0. The lowest BCUT2D eigenvalue weighted by atomic mass is 10.1. The zero-order valence-electron chi connectivity index (χ0n) is 6.49. The first-order chi connectivity index (χ1) is 5.77. The van der Waals surface area contributed by atoms with Crippen molar-refractivity contribution >= 4 is 17.3 Å². The van der Waals surface area contributed by atoms with Gasteiger partial charge in [-0.1, -0.05) is 0 Å². The molecule has 0 aromatic carbocycles. The third-order valence-electron chi connectivity index (χ3n) is 2.19. The van der Waals surface area contributed by atoms with Gasteiger partial charge in [0.05, 0.1) is 17.6 Å². The minimum absolute atomic E-state index is 0.227. The Labute approximate surface area is 74.1 Å². The first-order valence-electron chi connectivity index (χ1n) is 3.91. The van der Waals surface area contributed by atoms with Gasteiger partial charge in [-0.15, -0.1) is 11.3 Å². The lowest BCUT2D eigenvalue weighted by Crippen LogP contribution is -2.01. The molecule has 1 aliphatic rings. The van der Waals surface area contributed by atoms with Gasteiger partial charge in [-0.2, -0.15) is 0 Å². The summed E-state index contributed by atoms with van der Waals surface area (Å²) in [4.78, 5) is 15.8. The lowest BCUT2D eigenvalue weighted by molar-refractivity contribution is -0.137. The summed E-state index contributed by atoms with van der Waals surface area (Å²) in [5.74, 6) is -0.480. The SMILES string of the molecule is O=C(O)CC1CCc2ncsc21. The van der Waals surface area contributed by atoms with Crippen LogP contribution in [0.3, 0.4) is 0 Å². The fourth-order valence-electron chi connectivity index (χ4n) is 1.65. The van der Waals surface area contributed by atoms with Crippen LogP contribution in [0.2, 0.25) is 0 Å². The van der Waals surface area contributed by atoms with Crippen LogP contribution in [0, 0.1) is 0 Å². The smallest absolute Gasteiger partial charge is 0.303 e. The molecule has 0 saturated heterocycles. The van der Waals surface area contributed by atoms with E-state index in [1.54, 1.807) is 16.8 Å². The van der Waals surface area contributed by atoms with E-state index in [0.29, 0.717) is 0 Å². The van der Waals surface area contributed by atoms with Crippen molar-refractivity contribution in [2.24, 2.45) is 0 Å². The minimum atomic E-state index is -0.707. The Kier molecular flexibility index (Phi) is 1.84. The zero-order chi connectivity index (χ0) is 8.55. The second-order valence-electron chi connectivity index (χ2n) is 3.00. The fourth-order valence-corrected chi connectivity index (χ4v) is 2.62. The van der Waals surface area contributed by atoms with Crippen LogP contribution in [0.15, 0.2) is 5.51 Å². The first kappa shape index (κ1) is 7.73. The van der Waals surface area contributed by atoms with Crippen LogP contribution >= 0.6 is 11.3 Å². The van der Waals surface area contributed by atoms with E-state index in [2.05, 4.69) is 4.98 Å². The monoisotopic (exact) mass is 183 g/mol. The normalized spacial score (nSPS) is 20.8. The molecule has 1 heterocycles. The molecule has 0 spiro atoms. The molecule has 0 radical (unpaired) electrons. The summed E-state index contributed by atoms with van der Waals surface area (Å²) in [5.41, 5.74) is 2.92. The molecule has 0 saturated carbocycles. The predicted octanol–water partition coefficient (Wildman–Crippen LogP) is 1.65. The van der Waals surface area contributed by atoms with Crippen LogP contribution in [0.1, 0.15) is 29.3 Å². The molecule has 64 valence electrons. The number of carbonyl (C=O) groups is 1. The minimum Gasteiger partial charge on any atom is -0.481 e. The van der Waals surface area contributed by atoms with Gasteiger partial charge in [0.15, 0.2) is 0 Å². The number of aromatic nitrogens is 1. The summed E-state index contributed by atoms with van der Waals surface area (Å²) in [5, 5.41) is 8.62. The highest BCUT2D eigenvalue weighted by atomic mass is 32.1. The molecule has 2 rings (SSSR count). The molecule has 0 bridgehead atoms. The molecule has 1 aromatic rings. The van der Waals surface area contributed by atoms with Crippen LogP contribution in [0.5, 0.6) is 0 Å². The molecule has 1 aliphatic carbocycles. The zero-order valence-corrected chi connectivity index (χ0v) is 7.30. The van der Waals surface area contributed by atoms with Gasteiger partial charge in [-0.05, 0) is 12.8 Å². The highest BCUT2D eigenvalue weighted by Gasteiger charge is 2.26. The molecule has 0 aliphatic heterocycles. The van der Waals surface area contributed by atoms with Gasteiger partial charge in [0.1, 0.15) is 0 Å². The van der Waals surface area contributed by atoms with E-state index < -0.39 is 5.97 Å². The van der Waals surface area contributed by atoms with E-state index in [1.807, 2.05) is 0 Å². The van der Waals surface area contributed by atoms with Crippen molar-refractivity contribution in [1.29, 1.82) is 0 Å². The van der Waals surface area contributed by atoms with Crippen molar-refractivity contribution in [2.45, 2.75) is 25.2 Å². The molecule has 4 heteroatoms. The topological polar surface area (TPSA) is 50.2 Å². The number of rotatable bonds is 2. The van der Waals surface area contributed by atoms with Crippen molar-refractivity contribution in [3.8, 4) is 0 Å². The van der Waals surface area contributed by atoms with Crippen LogP contribution in [0.4, 0.5) is 0 Å². The summed E-state index contributed by atoms with van der Waals surface area (Å²) >= 11 is 1.59. The Morgan fingerprint density at radius 1 is 1.83 bits per heavy atom. The van der Waals surface area contributed by atoms with Gasteiger partial charge in [-0.25, -0.2) is 4.98 Å². The maximum Gasteiger partial charge on any atom is 0.303 e. The third kappa shape index (κ3) is 1.22. The molecule has 1 N–H and O–H groups in total. The number of carboxylic acids is 1. The average Bonchev–Trinajstić information content (AvgIpc) is 2.52. The van der Waals surface area contributed by atoms with Gasteiger partial charge < -0.3 is 5.11 Å². The van der Waals surface area contributed by atoms with Gasteiger partial charge in [0, 0.05) is 10.8 Å². The number of carboxylic acid groups (broad SMARTS) is 1. The molecule has 1 aromatic heterocycles. The fraction of sp³-hybridized carbons (Fsp3) is 0.500. The van der Waals surface area contributed by atoms with E-state index in [1.165, 1.54) is 4.88 Å². The average molecular weight is 183 g/mol. The number of aryl methyl sites for hydroxylation is 1. The second kappa shape index (κ2) is 2.86. The quantitative estimate of drug-likeness (QED) is 0.758. The maximum absolute atomic E-state index is 10.5. The van der Waals surface area contributed by atoms with Crippen molar-refractivity contribution in [1.82, 2.24) is 4.98 Å². The van der Waals surface area contributed by atoms with Crippen molar-refractivity contribution in [3.63, 3.8) is 0 Å². The largest absolute Gasteiger partial charge is 0.481 e. The van der Waals surface area contributed by atoms with Gasteiger partial charge in [0.25, 0.3) is 0 Å². The van der Waals surface area contributed by atoms with Crippen molar-refractivity contribution in [2.75, 3.05) is 0 Å². The first-order valence-corrected chi connectivity index (χ1v) is 4.79. The molecule has 0 amide bonds. The summed E-state index contributed by atoms with van der Waals surface area (Å²) in [7, 11) is 0. The number of thiazole rings is 1. The summed E-state index contributed by atoms with van der Waals surface area (Å²) < 4.78 is 0. The highest BCUT2D eigenvalue weighted by Crippen LogP contribution is 2.37. The molecule has 12 heavy (non-hydrogen) atoms. The summed E-state index contributed by atoms with van der Waals surface area (Å²) in [6.45, 7) is 0. The molecule has 1 unspecified atom stereocenters. The molecular formula is C8H9NO2S. The number of hydrogen-bond acceptors (Lipinski definition) is 3. The Morgan fingerprint density at radius 3 is 3.42 bits per heavy atom. The second-order valence-corrected chi connectivity index (χ2v) is 3.88. The van der Waals surface area contributed by atoms with E-state index in [4.69, 9.17) is 5.11 Å². The van der Waals surface area contributed by atoms with Crippen molar-refractivity contribution < 1.29 is 9.90 Å². The standard InChI is InChI=1S/C8H9NO2S/c10-7(11)3-5-1-2-6-8(5)12-4-9-6/h4-5H,1-3H2,(H,10,11). The predicted molar refractivity (Wildman–Crippen MR) is 45.4 cm³/mol. The number of fused-ring (bicyclic) bond motifs is 1. The van der Waals surface area contributed by atoms with Crippen LogP contribution in [0.25, 0.3) is 0 Å². The van der Waals surface area contributed by atoms with E-state index >= 15 is 0 Å². The highest BCUT2D eigenvalue weighted by molar-refractivity contribution is 7.09.